The van der Waals surface area contributed by atoms with Gasteiger partial charge in [0.1, 0.15) is 9.96 Å². The molecule has 0 bridgehead atoms. The number of benzene rings is 3. The van der Waals surface area contributed by atoms with E-state index in [1.54, 1.807) is 47.4 Å². The zero-order chi connectivity index (χ0) is 35.8. The summed E-state index contributed by atoms with van der Waals surface area (Å²) in [6.07, 6.45) is 1.62. The lowest BCUT2D eigenvalue weighted by atomic mass is 10.0. The van der Waals surface area contributed by atoms with Crippen LogP contribution in [0, 0.1) is 5.92 Å². The number of urea groups is 1. The third-order valence-electron chi connectivity index (χ3n) is 8.90. The van der Waals surface area contributed by atoms with Crippen molar-refractivity contribution in [3.8, 4) is 5.75 Å². The number of hydrogen-bond acceptors (Lipinski definition) is 8. The molecule has 3 aromatic carbocycles. The van der Waals surface area contributed by atoms with E-state index < -0.39 is 28.1 Å². The highest BCUT2D eigenvalue weighted by Crippen LogP contribution is 2.30. The first-order valence-corrected chi connectivity index (χ1v) is 19.2. The fourth-order valence-corrected chi connectivity index (χ4v) is 8.01. The second kappa shape index (κ2) is 16.7. The summed E-state index contributed by atoms with van der Waals surface area (Å²) in [6, 6.07) is 20.6. The largest absolute Gasteiger partial charge is 0.490 e. The molecule has 5 rings (SSSR count). The van der Waals surface area contributed by atoms with Crippen molar-refractivity contribution in [1.29, 1.82) is 0 Å². The normalized spacial score (nSPS) is 19.9. The molecule has 0 aliphatic carbocycles. The van der Waals surface area contributed by atoms with Crippen molar-refractivity contribution >= 4 is 55.4 Å². The Morgan fingerprint density at radius 3 is 2.62 bits per heavy atom. The average molecular weight is 723 g/mol. The first-order chi connectivity index (χ1) is 24.0. The quantitative estimate of drug-likeness (QED) is 0.185. The lowest BCUT2D eigenvalue weighted by Gasteiger charge is -2.35. The number of hydrogen-bond donors (Lipinski definition) is 3. The monoisotopic (exact) mass is 722 g/mol. The molecule has 1 aliphatic rings. The van der Waals surface area contributed by atoms with E-state index in [1.807, 2.05) is 56.3 Å². The number of likely N-dealkylation sites (N-methyl/N-ethyl adjacent to an activating group) is 1. The SMILES string of the molecule is C[C@H](CO)N1C[C@H](C)[C@H](CN(C)C(=O)Nc2cccc3ccccc23)OCCCC[C@H](C)Oc2ccc(NS(=O)(=O)c3cccs3)cc2C1=O. The van der Waals surface area contributed by atoms with Gasteiger partial charge in [-0.1, -0.05) is 49.4 Å². The molecule has 0 fully saturated rings. The van der Waals surface area contributed by atoms with Crippen molar-refractivity contribution in [1.82, 2.24) is 9.80 Å². The number of ether oxygens (including phenoxy) is 2. The number of carbonyl (C=O) groups excluding carboxylic acids is 2. The van der Waals surface area contributed by atoms with Crippen LogP contribution in [0.4, 0.5) is 16.2 Å². The minimum absolute atomic E-state index is 0.153. The smallest absolute Gasteiger partial charge is 0.321 e. The summed E-state index contributed by atoms with van der Waals surface area (Å²) in [4.78, 5) is 31.0. The molecule has 1 aromatic heterocycles. The van der Waals surface area contributed by atoms with Gasteiger partial charge in [0, 0.05) is 43.7 Å². The zero-order valence-electron chi connectivity index (χ0n) is 28.9. The van der Waals surface area contributed by atoms with Crippen molar-refractivity contribution in [2.75, 3.05) is 43.4 Å². The number of nitrogens with one attached hydrogen (secondary N) is 2. The van der Waals surface area contributed by atoms with Gasteiger partial charge in [-0.3, -0.25) is 9.52 Å². The summed E-state index contributed by atoms with van der Waals surface area (Å²) in [5, 5.41) is 16.9. The maximum atomic E-state index is 14.4. The van der Waals surface area contributed by atoms with Gasteiger partial charge in [0.2, 0.25) is 0 Å². The van der Waals surface area contributed by atoms with Crippen LogP contribution in [0.3, 0.4) is 0 Å². The molecule has 13 heteroatoms. The molecular weight excluding hydrogens is 677 g/mol. The number of rotatable bonds is 8. The molecule has 0 saturated carbocycles. The van der Waals surface area contributed by atoms with E-state index in [1.165, 1.54) is 12.1 Å². The highest BCUT2D eigenvalue weighted by Gasteiger charge is 2.31. The minimum atomic E-state index is -3.86. The lowest BCUT2D eigenvalue weighted by molar-refractivity contribution is -0.0115. The number of aliphatic hydroxyl groups excluding tert-OH is 1. The third kappa shape index (κ3) is 9.13. The summed E-state index contributed by atoms with van der Waals surface area (Å²) < 4.78 is 41.5. The Hall–Kier alpha value is -4.17. The number of fused-ring (bicyclic) bond motifs is 2. The maximum absolute atomic E-state index is 14.4. The van der Waals surface area contributed by atoms with E-state index in [-0.39, 0.29) is 53.2 Å². The topological polar surface area (TPSA) is 138 Å². The standard InChI is InChI=1S/C37H46N4O7S2/c1-25-22-41(26(2)24-42)36(43)31-21-29(39-50(45,46)35-16-10-20-49-35)17-18-33(31)48-27(3)11-7-8-19-47-34(25)23-40(4)37(44)38-32-15-9-13-28-12-5-6-14-30(28)32/h5-6,9-10,12-18,20-21,25-27,34,39,42H,7-8,11,19,22-24H2,1-4H3,(H,38,44)/t25-,26+,27-,34-/m0/s1. The number of carbonyl (C=O) groups is 2. The summed E-state index contributed by atoms with van der Waals surface area (Å²) >= 11 is 1.09. The van der Waals surface area contributed by atoms with Gasteiger partial charge in [0.25, 0.3) is 15.9 Å². The van der Waals surface area contributed by atoms with Gasteiger partial charge in [-0.05, 0) is 74.2 Å². The van der Waals surface area contributed by atoms with Crippen LogP contribution >= 0.6 is 11.3 Å². The highest BCUT2D eigenvalue weighted by molar-refractivity contribution is 7.94. The van der Waals surface area contributed by atoms with Crippen LogP contribution in [-0.2, 0) is 14.8 Å². The fraction of sp³-hybridized carbons (Fsp3) is 0.405. The number of anilines is 2. The van der Waals surface area contributed by atoms with Gasteiger partial charge in [0.15, 0.2) is 0 Å². The lowest BCUT2D eigenvalue weighted by Crippen LogP contribution is -2.48. The van der Waals surface area contributed by atoms with Gasteiger partial charge in [-0.2, -0.15) is 0 Å². The van der Waals surface area contributed by atoms with Gasteiger partial charge in [0.05, 0.1) is 36.1 Å². The maximum Gasteiger partial charge on any atom is 0.321 e. The van der Waals surface area contributed by atoms with E-state index in [0.717, 1.165) is 35.0 Å². The fourth-order valence-electron chi connectivity index (χ4n) is 5.97. The first-order valence-electron chi connectivity index (χ1n) is 16.9. The van der Waals surface area contributed by atoms with Crippen LogP contribution < -0.4 is 14.8 Å². The van der Waals surface area contributed by atoms with E-state index in [4.69, 9.17) is 9.47 Å². The Bertz CT molecular complexity index is 1860. The van der Waals surface area contributed by atoms with Gasteiger partial charge in [-0.25, -0.2) is 13.2 Å². The van der Waals surface area contributed by atoms with E-state index in [2.05, 4.69) is 10.0 Å². The number of sulfonamides is 1. The molecule has 1 aliphatic heterocycles. The van der Waals surface area contributed by atoms with Crippen molar-refractivity contribution in [2.45, 2.75) is 62.5 Å². The van der Waals surface area contributed by atoms with Crippen LogP contribution in [0.1, 0.15) is 50.4 Å². The number of thiophene rings is 1. The Balaban J connectivity index is 1.40. The predicted octanol–water partition coefficient (Wildman–Crippen LogP) is 6.66. The number of amides is 3. The van der Waals surface area contributed by atoms with Crippen molar-refractivity contribution < 1.29 is 32.6 Å². The third-order valence-corrected chi connectivity index (χ3v) is 11.7. The molecule has 0 unspecified atom stereocenters. The molecule has 268 valence electrons. The average Bonchev–Trinajstić information content (AvgIpc) is 3.66. The summed E-state index contributed by atoms with van der Waals surface area (Å²) in [6.45, 7) is 6.27. The first kappa shape index (κ1) is 37.1. The Kier molecular flexibility index (Phi) is 12.4. The second-order valence-electron chi connectivity index (χ2n) is 12.9. The Morgan fingerprint density at radius 1 is 1.08 bits per heavy atom. The molecule has 3 N–H and O–H groups in total. The van der Waals surface area contributed by atoms with E-state index in [0.29, 0.717) is 24.5 Å². The molecule has 4 atom stereocenters. The molecule has 0 saturated heterocycles. The van der Waals surface area contributed by atoms with Crippen molar-refractivity contribution in [2.24, 2.45) is 5.92 Å². The van der Waals surface area contributed by atoms with Crippen molar-refractivity contribution in [3.05, 3.63) is 83.7 Å². The molecule has 4 aromatic rings. The summed E-state index contributed by atoms with van der Waals surface area (Å²) in [5.74, 6) is -0.345. The van der Waals surface area contributed by atoms with E-state index in [9.17, 15) is 23.1 Å². The molecular formula is C37H46N4O7S2. The highest BCUT2D eigenvalue weighted by atomic mass is 32.2. The molecule has 0 radical (unpaired) electrons. The van der Waals surface area contributed by atoms with Gasteiger partial charge >= 0.3 is 6.03 Å². The number of aliphatic hydroxyl groups is 1. The van der Waals surface area contributed by atoms with Crippen molar-refractivity contribution in [3.63, 3.8) is 0 Å². The van der Waals surface area contributed by atoms with Gasteiger partial charge in [-0.15, -0.1) is 11.3 Å². The van der Waals surface area contributed by atoms with Crippen LogP contribution in [0.15, 0.2) is 82.4 Å². The molecule has 3 amide bonds. The van der Waals surface area contributed by atoms with Gasteiger partial charge < -0.3 is 29.7 Å². The van der Waals surface area contributed by atoms with E-state index >= 15 is 0 Å². The van der Waals surface area contributed by atoms with Crippen LogP contribution in [0.25, 0.3) is 10.8 Å². The zero-order valence-corrected chi connectivity index (χ0v) is 30.5. The summed E-state index contributed by atoms with van der Waals surface area (Å²) in [5.41, 5.74) is 1.10. The van der Waals surface area contributed by atoms with Crippen LogP contribution in [0.2, 0.25) is 0 Å². The molecule has 2 heterocycles. The predicted molar refractivity (Wildman–Crippen MR) is 198 cm³/mol. The van der Waals surface area contributed by atoms with Crippen LogP contribution in [0.5, 0.6) is 5.75 Å². The minimum Gasteiger partial charge on any atom is -0.490 e. The molecule has 11 nitrogen and oxygen atoms in total. The molecule has 50 heavy (non-hydrogen) atoms. The number of nitrogens with zero attached hydrogens (tertiary/aromatic N) is 2. The summed E-state index contributed by atoms with van der Waals surface area (Å²) in [7, 11) is -2.15. The Morgan fingerprint density at radius 2 is 1.86 bits per heavy atom. The van der Waals surface area contributed by atoms with Crippen LogP contribution in [-0.4, -0.2) is 86.9 Å². The second-order valence-corrected chi connectivity index (χ2v) is 15.7. The Labute approximate surface area is 298 Å². The molecule has 0 spiro atoms.